The lowest BCUT2D eigenvalue weighted by Gasteiger charge is -2.52. The first-order valence-corrected chi connectivity index (χ1v) is 12.3. The zero-order chi connectivity index (χ0) is 23.7. The van der Waals surface area contributed by atoms with Gasteiger partial charge in [-0.1, -0.05) is 0 Å². The molecule has 2 rings (SSSR count). The van der Waals surface area contributed by atoms with Gasteiger partial charge in [-0.2, -0.15) is 5.06 Å². The van der Waals surface area contributed by atoms with E-state index in [0.29, 0.717) is 19.2 Å². The first-order chi connectivity index (χ1) is 14.1. The lowest BCUT2D eigenvalue weighted by molar-refractivity contribution is -0.302. The SMILES string of the molecule is CCN(CC)C(=O)CCC(CB1OC(C)(C)C(C)(C)O1)ON1C(C)(C)CCCC1(C)C. The van der Waals surface area contributed by atoms with Crippen LogP contribution >= 0.6 is 0 Å². The fourth-order valence-corrected chi connectivity index (χ4v) is 4.92. The van der Waals surface area contributed by atoms with Crippen molar-refractivity contribution in [3.63, 3.8) is 0 Å². The van der Waals surface area contributed by atoms with Crippen LogP contribution in [0.2, 0.25) is 6.32 Å². The maximum Gasteiger partial charge on any atom is 0.460 e. The van der Waals surface area contributed by atoms with Gasteiger partial charge in [-0.05, 0) is 94.9 Å². The quantitative estimate of drug-likeness (QED) is 0.471. The van der Waals surface area contributed by atoms with Crippen molar-refractivity contribution in [3.05, 3.63) is 0 Å². The van der Waals surface area contributed by atoms with Gasteiger partial charge in [-0.15, -0.1) is 0 Å². The van der Waals surface area contributed by atoms with Crippen LogP contribution in [-0.4, -0.2) is 64.5 Å². The summed E-state index contributed by atoms with van der Waals surface area (Å²) in [6.45, 7) is 22.8. The van der Waals surface area contributed by atoms with Crippen LogP contribution in [0.1, 0.15) is 101 Å². The van der Waals surface area contributed by atoms with Gasteiger partial charge in [-0.3, -0.25) is 9.63 Å². The number of nitrogens with zero attached hydrogens (tertiary/aromatic N) is 2. The fourth-order valence-electron chi connectivity index (χ4n) is 4.92. The third kappa shape index (κ3) is 6.24. The van der Waals surface area contributed by atoms with E-state index in [4.69, 9.17) is 14.1 Å². The smallest absolute Gasteiger partial charge is 0.403 e. The van der Waals surface area contributed by atoms with Gasteiger partial charge in [0.2, 0.25) is 5.91 Å². The Morgan fingerprint density at radius 2 is 1.45 bits per heavy atom. The minimum absolute atomic E-state index is 0.0567. The highest BCUT2D eigenvalue weighted by Gasteiger charge is 2.52. The second-order valence-electron chi connectivity index (χ2n) is 11.5. The molecule has 1 unspecified atom stereocenters. The molecule has 0 bridgehead atoms. The van der Waals surface area contributed by atoms with Crippen molar-refractivity contribution in [2.24, 2.45) is 0 Å². The van der Waals surface area contributed by atoms with E-state index in [9.17, 15) is 4.79 Å². The molecule has 0 spiro atoms. The molecule has 1 amide bonds. The monoisotopic (exact) mass is 438 g/mol. The van der Waals surface area contributed by atoms with Gasteiger partial charge in [0.1, 0.15) is 0 Å². The predicted octanol–water partition coefficient (Wildman–Crippen LogP) is 5.07. The maximum absolute atomic E-state index is 12.7. The number of hydroxylamine groups is 2. The number of carbonyl (C=O) groups excluding carboxylic acids is 1. The standard InChI is InChI=1S/C24H47BN2O4/c1-11-26(12-2)20(28)15-14-19(18-25-30-23(7,8)24(9,10)31-25)29-27-21(3,4)16-13-17-22(27,5)6/h19H,11-18H2,1-10H3. The molecule has 2 fully saturated rings. The highest BCUT2D eigenvalue weighted by Crippen LogP contribution is 2.41. The van der Waals surface area contributed by atoms with Crippen molar-refractivity contribution in [1.29, 1.82) is 0 Å². The summed E-state index contributed by atoms with van der Waals surface area (Å²) in [5.41, 5.74) is -0.858. The molecular weight excluding hydrogens is 391 g/mol. The first-order valence-electron chi connectivity index (χ1n) is 12.3. The first kappa shape index (κ1) is 26.6. The molecule has 180 valence electrons. The third-order valence-electron chi connectivity index (χ3n) is 7.48. The lowest BCUT2D eigenvalue weighted by atomic mass is 9.80. The molecule has 0 aromatic heterocycles. The van der Waals surface area contributed by atoms with Crippen LogP contribution in [0, 0.1) is 0 Å². The van der Waals surface area contributed by atoms with Gasteiger partial charge in [0.15, 0.2) is 0 Å². The average molecular weight is 438 g/mol. The van der Waals surface area contributed by atoms with Crippen molar-refractivity contribution >= 4 is 13.0 Å². The number of piperidine rings is 1. The Hall–Kier alpha value is -0.625. The largest absolute Gasteiger partial charge is 0.460 e. The summed E-state index contributed by atoms with van der Waals surface area (Å²) in [5.74, 6) is 0.185. The third-order valence-corrected chi connectivity index (χ3v) is 7.48. The van der Waals surface area contributed by atoms with Gasteiger partial charge in [0.25, 0.3) is 0 Å². The Labute approximate surface area is 191 Å². The second kappa shape index (κ2) is 9.70. The molecule has 0 aliphatic carbocycles. The van der Waals surface area contributed by atoms with Crippen molar-refractivity contribution in [1.82, 2.24) is 9.96 Å². The van der Waals surface area contributed by atoms with E-state index in [1.54, 1.807) is 0 Å². The number of carbonyl (C=O) groups is 1. The van der Waals surface area contributed by atoms with Crippen molar-refractivity contribution in [3.8, 4) is 0 Å². The molecule has 6 nitrogen and oxygen atoms in total. The Kier molecular flexibility index (Phi) is 8.33. The Balaban J connectivity index is 2.16. The van der Waals surface area contributed by atoms with Crippen LogP contribution < -0.4 is 0 Å². The van der Waals surface area contributed by atoms with E-state index in [-0.39, 0.29) is 41.4 Å². The van der Waals surface area contributed by atoms with Crippen LogP contribution in [0.25, 0.3) is 0 Å². The van der Waals surface area contributed by atoms with Crippen molar-refractivity contribution in [2.75, 3.05) is 13.1 Å². The minimum Gasteiger partial charge on any atom is -0.403 e. The number of amides is 1. The summed E-state index contributed by atoms with van der Waals surface area (Å²) in [6, 6.07) is 0. The second-order valence-corrected chi connectivity index (χ2v) is 11.5. The molecule has 1 atom stereocenters. The Morgan fingerprint density at radius 1 is 0.968 bits per heavy atom. The van der Waals surface area contributed by atoms with E-state index in [1.165, 1.54) is 6.42 Å². The van der Waals surface area contributed by atoms with Gasteiger partial charge < -0.3 is 14.2 Å². The molecule has 2 aliphatic rings. The molecule has 2 heterocycles. The number of hydrogen-bond acceptors (Lipinski definition) is 5. The average Bonchev–Trinajstić information content (AvgIpc) is 2.82. The molecule has 0 radical (unpaired) electrons. The molecular formula is C24H47BN2O4. The summed E-state index contributed by atoms with van der Waals surface area (Å²) in [7, 11) is -0.338. The number of hydrogen-bond donors (Lipinski definition) is 0. The fraction of sp³-hybridized carbons (Fsp3) is 0.958. The predicted molar refractivity (Wildman–Crippen MR) is 127 cm³/mol. The van der Waals surface area contributed by atoms with E-state index >= 15 is 0 Å². The Bertz CT molecular complexity index is 585. The number of rotatable bonds is 9. The van der Waals surface area contributed by atoms with Crippen molar-refractivity contribution in [2.45, 2.75) is 136 Å². The van der Waals surface area contributed by atoms with Gasteiger partial charge in [-0.25, -0.2) is 0 Å². The molecule has 31 heavy (non-hydrogen) atoms. The van der Waals surface area contributed by atoms with Crippen LogP contribution in [0.3, 0.4) is 0 Å². The van der Waals surface area contributed by atoms with E-state index in [1.807, 2.05) is 18.7 Å². The van der Waals surface area contributed by atoms with Gasteiger partial charge >= 0.3 is 7.12 Å². The summed E-state index contributed by atoms with van der Waals surface area (Å²) < 4.78 is 12.5. The summed E-state index contributed by atoms with van der Waals surface area (Å²) in [5, 5.41) is 2.20. The minimum atomic E-state index is -0.372. The normalized spacial score (nSPS) is 25.4. The molecule has 0 saturated carbocycles. The molecule has 0 aromatic carbocycles. The van der Waals surface area contributed by atoms with Crippen LogP contribution in [0.5, 0.6) is 0 Å². The zero-order valence-corrected chi connectivity index (χ0v) is 21.8. The van der Waals surface area contributed by atoms with Gasteiger partial charge in [0.05, 0.1) is 17.3 Å². The summed E-state index contributed by atoms with van der Waals surface area (Å²) in [4.78, 5) is 21.3. The Morgan fingerprint density at radius 3 is 1.90 bits per heavy atom. The van der Waals surface area contributed by atoms with E-state index < -0.39 is 0 Å². The van der Waals surface area contributed by atoms with Crippen LogP contribution in [-0.2, 0) is 18.9 Å². The highest BCUT2D eigenvalue weighted by molar-refractivity contribution is 6.45. The van der Waals surface area contributed by atoms with Gasteiger partial charge in [0, 0.05) is 36.9 Å². The maximum atomic E-state index is 12.7. The van der Waals surface area contributed by atoms with Crippen molar-refractivity contribution < 1.29 is 18.9 Å². The van der Waals surface area contributed by atoms with Crippen LogP contribution in [0.15, 0.2) is 0 Å². The molecule has 2 saturated heterocycles. The van der Waals surface area contributed by atoms with E-state index in [0.717, 1.165) is 25.9 Å². The zero-order valence-electron chi connectivity index (χ0n) is 21.8. The lowest BCUT2D eigenvalue weighted by Crippen LogP contribution is -2.59. The summed E-state index contributed by atoms with van der Waals surface area (Å²) in [6.07, 6.45) is 4.98. The highest BCUT2D eigenvalue weighted by atomic mass is 16.7. The topological polar surface area (TPSA) is 51.2 Å². The molecule has 0 aromatic rings. The molecule has 2 aliphatic heterocycles. The molecule has 0 N–H and O–H groups in total. The van der Waals surface area contributed by atoms with Crippen LogP contribution in [0.4, 0.5) is 0 Å². The summed E-state index contributed by atoms with van der Waals surface area (Å²) >= 11 is 0. The van der Waals surface area contributed by atoms with E-state index in [2.05, 4.69) is 60.5 Å². The molecule has 7 heteroatoms.